The van der Waals surface area contributed by atoms with E-state index in [9.17, 15) is 8.39 Å². The lowest BCUT2D eigenvalue weighted by Gasteiger charge is -1.67. The Hall–Kier alpha value is -0.150. The Labute approximate surface area is 30.2 Å². The molecule has 0 spiro atoms. The third kappa shape index (κ3) is 3.85. The summed E-state index contributed by atoms with van der Waals surface area (Å²) in [5.41, 5.74) is 1.26. The molecule has 0 fully saturated rings. The molecule has 0 aromatic rings. The Bertz CT molecular complexity index is 53.2. The highest BCUT2D eigenvalue weighted by Gasteiger charge is 1.89. The molecule has 0 saturated carbocycles. The summed E-state index contributed by atoms with van der Waals surface area (Å²) in [5.74, 6) is 0. The van der Waals surface area contributed by atoms with Gasteiger partial charge in [-0.1, -0.05) is 0 Å². The molecule has 28 valence electrons. The maximum atomic E-state index is 10.6. The molecular weight excluding hydrogens is 93.0 g/mol. The van der Waals surface area contributed by atoms with Gasteiger partial charge in [0.25, 0.3) is 0 Å². The standard InChI is InChI=1S/C2HF2P/c1-2-5(3)4/h1H. The highest BCUT2D eigenvalue weighted by Crippen LogP contribution is 2.35. The van der Waals surface area contributed by atoms with Crippen molar-refractivity contribution < 1.29 is 8.39 Å². The van der Waals surface area contributed by atoms with Crippen LogP contribution in [-0.4, -0.2) is 0 Å². The molecule has 0 bridgehead atoms. The van der Waals surface area contributed by atoms with E-state index in [-0.39, 0.29) is 0 Å². The summed E-state index contributed by atoms with van der Waals surface area (Å²) in [6.45, 7) is 0. The van der Waals surface area contributed by atoms with Gasteiger partial charge in [-0.15, -0.1) is 6.42 Å². The first kappa shape index (κ1) is 4.85. The Morgan fingerprint density at radius 1 is 1.60 bits per heavy atom. The lowest BCUT2D eigenvalue weighted by molar-refractivity contribution is 0.766. The van der Waals surface area contributed by atoms with Crippen LogP contribution in [0.2, 0.25) is 0 Å². The average Bonchev–Trinajstić information content (AvgIpc) is 1.38. The van der Waals surface area contributed by atoms with Crippen molar-refractivity contribution in [2.45, 2.75) is 0 Å². The summed E-state index contributed by atoms with van der Waals surface area (Å²) in [5, 5.41) is 0. The Morgan fingerprint density at radius 3 is 1.80 bits per heavy atom. The SMILES string of the molecule is C#CP(F)F. The van der Waals surface area contributed by atoms with Gasteiger partial charge in [-0.25, -0.2) is 0 Å². The van der Waals surface area contributed by atoms with E-state index in [4.69, 9.17) is 0 Å². The van der Waals surface area contributed by atoms with E-state index >= 15 is 0 Å². The fourth-order valence-corrected chi connectivity index (χ4v) is 0. The van der Waals surface area contributed by atoms with Crippen LogP contribution in [0.25, 0.3) is 0 Å². The van der Waals surface area contributed by atoms with Gasteiger partial charge < -0.3 is 0 Å². The van der Waals surface area contributed by atoms with Crippen molar-refractivity contribution in [1.29, 1.82) is 0 Å². The van der Waals surface area contributed by atoms with Crippen LogP contribution in [0.15, 0.2) is 0 Å². The lowest BCUT2D eigenvalue weighted by atomic mass is 11.4. The van der Waals surface area contributed by atoms with Crippen LogP contribution >= 0.6 is 8.54 Å². The van der Waals surface area contributed by atoms with Crippen molar-refractivity contribution in [2.75, 3.05) is 0 Å². The molecule has 0 nitrogen and oxygen atoms in total. The fourth-order valence-electron chi connectivity index (χ4n) is 0. The topological polar surface area (TPSA) is 0 Å². The third-order valence-corrected chi connectivity index (χ3v) is 0.293. The largest absolute Gasteiger partial charge is 0.344 e. The molecule has 0 heterocycles. The number of hydrogen-bond donors (Lipinski definition) is 0. The maximum Gasteiger partial charge on any atom is 0.344 e. The zero-order valence-corrected chi connectivity index (χ0v) is 3.17. The molecule has 0 N–H and O–H groups in total. The van der Waals surface area contributed by atoms with Gasteiger partial charge >= 0.3 is 8.54 Å². The average molecular weight is 94.0 g/mol. The number of halogens is 2. The molecular formula is C2HF2P. The van der Waals surface area contributed by atoms with Crippen molar-refractivity contribution >= 4 is 8.54 Å². The van der Waals surface area contributed by atoms with Gasteiger partial charge in [0.2, 0.25) is 0 Å². The van der Waals surface area contributed by atoms with E-state index in [1.165, 1.54) is 5.66 Å². The van der Waals surface area contributed by atoms with Crippen molar-refractivity contribution in [3.8, 4) is 12.1 Å². The van der Waals surface area contributed by atoms with Gasteiger partial charge in [0.15, 0.2) is 0 Å². The molecule has 0 aliphatic heterocycles. The minimum atomic E-state index is -3.07. The summed E-state index contributed by atoms with van der Waals surface area (Å²) < 4.78 is 21.2. The van der Waals surface area contributed by atoms with Crippen LogP contribution in [0.1, 0.15) is 0 Å². The fraction of sp³-hybridized carbons (Fsp3) is 0. The van der Waals surface area contributed by atoms with Crippen LogP contribution in [-0.2, 0) is 0 Å². The molecule has 3 heteroatoms. The lowest BCUT2D eigenvalue weighted by Crippen LogP contribution is -1.28. The first-order chi connectivity index (χ1) is 2.27. The van der Waals surface area contributed by atoms with Gasteiger partial charge in [-0.05, 0) is 5.66 Å². The van der Waals surface area contributed by atoms with Crippen molar-refractivity contribution in [3.63, 3.8) is 0 Å². The highest BCUT2D eigenvalue weighted by molar-refractivity contribution is 7.52. The van der Waals surface area contributed by atoms with Crippen LogP contribution in [0.5, 0.6) is 0 Å². The second kappa shape index (κ2) is 2.11. The van der Waals surface area contributed by atoms with Crippen molar-refractivity contribution in [2.24, 2.45) is 0 Å². The molecule has 0 aromatic carbocycles. The minimum absolute atomic E-state index is 1.26. The molecule has 0 radical (unpaired) electrons. The second-order valence-corrected chi connectivity index (χ2v) is 1.09. The number of rotatable bonds is 0. The summed E-state index contributed by atoms with van der Waals surface area (Å²) in [6, 6.07) is 0. The van der Waals surface area contributed by atoms with E-state index in [2.05, 4.69) is 6.42 Å². The molecule has 0 saturated heterocycles. The smallest absolute Gasteiger partial charge is 0.173 e. The summed E-state index contributed by atoms with van der Waals surface area (Å²) in [4.78, 5) is 0. The van der Waals surface area contributed by atoms with Crippen LogP contribution < -0.4 is 0 Å². The second-order valence-electron chi connectivity index (χ2n) is 0.362. The predicted octanol–water partition coefficient (Wildman–Crippen LogP) is 1.83. The van der Waals surface area contributed by atoms with Crippen molar-refractivity contribution in [3.05, 3.63) is 0 Å². The van der Waals surface area contributed by atoms with Gasteiger partial charge in [-0.3, -0.25) is 0 Å². The number of hydrogen-bond acceptors (Lipinski definition) is 0. The van der Waals surface area contributed by atoms with Gasteiger partial charge in [0.05, 0.1) is 0 Å². The molecule has 0 aliphatic carbocycles. The maximum absolute atomic E-state index is 10.6. The first-order valence-electron chi connectivity index (χ1n) is 0.850. The van der Waals surface area contributed by atoms with E-state index in [1.54, 1.807) is 0 Å². The van der Waals surface area contributed by atoms with E-state index in [1.807, 2.05) is 0 Å². The van der Waals surface area contributed by atoms with E-state index in [0.717, 1.165) is 0 Å². The number of terminal acetylenes is 1. The van der Waals surface area contributed by atoms with Crippen LogP contribution in [0.4, 0.5) is 8.39 Å². The quantitative estimate of drug-likeness (QED) is 0.317. The normalized spacial score (nSPS) is 7.60. The summed E-state index contributed by atoms with van der Waals surface area (Å²) >= 11 is 0. The Morgan fingerprint density at radius 2 is 1.80 bits per heavy atom. The molecule has 0 amide bonds. The summed E-state index contributed by atoms with van der Waals surface area (Å²) in [6.07, 6.45) is 4.20. The minimum Gasteiger partial charge on any atom is -0.173 e. The Kier molecular flexibility index (Phi) is 2.05. The first-order valence-corrected chi connectivity index (χ1v) is 1.97. The molecule has 0 aliphatic rings. The highest BCUT2D eigenvalue weighted by atomic mass is 31.2. The predicted molar refractivity (Wildman–Crippen MR) is 18.0 cm³/mol. The van der Waals surface area contributed by atoms with Gasteiger partial charge in [0.1, 0.15) is 0 Å². The zero-order chi connectivity index (χ0) is 4.28. The molecule has 5 heavy (non-hydrogen) atoms. The van der Waals surface area contributed by atoms with E-state index < -0.39 is 8.54 Å². The van der Waals surface area contributed by atoms with Crippen LogP contribution in [0, 0.1) is 12.1 Å². The molecule has 0 aromatic heterocycles. The molecule has 0 atom stereocenters. The van der Waals surface area contributed by atoms with Crippen molar-refractivity contribution in [1.82, 2.24) is 0 Å². The zero-order valence-electron chi connectivity index (χ0n) is 2.28. The third-order valence-electron chi connectivity index (χ3n) is 0.0976. The van der Waals surface area contributed by atoms with Gasteiger partial charge in [-0.2, -0.15) is 8.39 Å². The molecule has 0 rings (SSSR count). The summed E-state index contributed by atoms with van der Waals surface area (Å²) in [7, 11) is -3.07. The monoisotopic (exact) mass is 94.0 g/mol. The Balaban J connectivity index is 2.94. The van der Waals surface area contributed by atoms with E-state index in [0.29, 0.717) is 0 Å². The molecule has 0 unspecified atom stereocenters. The van der Waals surface area contributed by atoms with Gasteiger partial charge in [0, 0.05) is 0 Å². The van der Waals surface area contributed by atoms with Crippen LogP contribution in [0.3, 0.4) is 0 Å².